The molecule has 0 aliphatic heterocycles. The minimum atomic E-state index is -0.580. The predicted molar refractivity (Wildman–Crippen MR) is 105 cm³/mol. The largest absolute Gasteiger partial charge is 0.493 e. The molecule has 3 aromatic rings. The van der Waals surface area contributed by atoms with E-state index in [9.17, 15) is 9.90 Å². The zero-order chi connectivity index (χ0) is 19.6. The van der Waals surface area contributed by atoms with E-state index in [-0.39, 0.29) is 18.2 Å². The molecule has 0 fully saturated rings. The molecule has 2 aromatic carbocycles. The van der Waals surface area contributed by atoms with Crippen LogP contribution in [0.3, 0.4) is 0 Å². The van der Waals surface area contributed by atoms with Crippen LogP contribution in [0.4, 0.5) is 5.69 Å². The number of azo groups is 1. The van der Waals surface area contributed by atoms with Gasteiger partial charge in [0, 0.05) is 16.9 Å². The summed E-state index contributed by atoms with van der Waals surface area (Å²) in [6.07, 6.45) is 0. The molecule has 0 radical (unpaired) electrons. The highest BCUT2D eigenvalue weighted by atomic mass is 79.9. The number of ether oxygens (including phenoxy) is 2. The van der Waals surface area contributed by atoms with Crippen molar-refractivity contribution in [3.8, 4) is 17.4 Å². The van der Waals surface area contributed by atoms with Crippen LogP contribution in [0, 0.1) is 6.92 Å². The molecule has 1 heterocycles. The Morgan fingerprint density at radius 1 is 1.26 bits per heavy atom. The number of benzene rings is 2. The van der Waals surface area contributed by atoms with Crippen LogP contribution in [0.15, 0.2) is 51.1 Å². The van der Waals surface area contributed by atoms with Gasteiger partial charge in [-0.25, -0.2) is 0 Å². The lowest BCUT2D eigenvalue weighted by molar-refractivity contribution is -0.120. The molecule has 8 heteroatoms. The van der Waals surface area contributed by atoms with Crippen LogP contribution in [0.2, 0.25) is 0 Å². The van der Waals surface area contributed by atoms with Crippen molar-refractivity contribution in [2.24, 2.45) is 17.3 Å². The third kappa shape index (κ3) is 3.80. The highest BCUT2D eigenvalue weighted by molar-refractivity contribution is 9.10. The second-order valence-electron chi connectivity index (χ2n) is 5.88. The Labute approximate surface area is 164 Å². The van der Waals surface area contributed by atoms with Gasteiger partial charge < -0.3 is 19.1 Å². The molecule has 0 unspecified atom stereocenters. The molecular formula is C19H18BrN3O4. The van der Waals surface area contributed by atoms with Crippen molar-refractivity contribution in [2.45, 2.75) is 6.92 Å². The number of rotatable bonds is 5. The lowest BCUT2D eigenvalue weighted by Crippen LogP contribution is -2.08. The highest BCUT2D eigenvalue weighted by Gasteiger charge is 2.16. The molecule has 0 atom stereocenters. The fraction of sp³-hybridized carbons (Fsp3) is 0.211. The van der Waals surface area contributed by atoms with Crippen LogP contribution in [-0.2, 0) is 11.8 Å². The van der Waals surface area contributed by atoms with Crippen LogP contribution >= 0.6 is 15.9 Å². The molecule has 3 rings (SSSR count). The molecule has 0 spiro atoms. The van der Waals surface area contributed by atoms with Gasteiger partial charge in [0.25, 0.3) is 0 Å². The number of nitrogens with zero attached hydrogens (tertiary/aromatic N) is 3. The monoisotopic (exact) mass is 431 g/mol. The molecule has 0 saturated carbocycles. The van der Waals surface area contributed by atoms with Gasteiger partial charge in [0.15, 0.2) is 23.8 Å². The van der Waals surface area contributed by atoms with Gasteiger partial charge in [-0.05, 0) is 30.7 Å². The molecule has 140 valence electrons. The summed E-state index contributed by atoms with van der Waals surface area (Å²) >= 11 is 3.34. The Hall–Kier alpha value is -2.87. The third-order valence-corrected chi connectivity index (χ3v) is 4.59. The fourth-order valence-corrected chi connectivity index (χ4v) is 3.15. The maximum absolute atomic E-state index is 12.1. The molecule has 7 nitrogen and oxygen atoms in total. The first-order valence-electron chi connectivity index (χ1n) is 8.10. The van der Waals surface area contributed by atoms with Crippen molar-refractivity contribution in [2.75, 3.05) is 13.7 Å². The number of aryl methyl sites for hydroxylation is 2. The van der Waals surface area contributed by atoms with Crippen LogP contribution in [0.25, 0.3) is 10.9 Å². The van der Waals surface area contributed by atoms with E-state index in [2.05, 4.69) is 26.2 Å². The second kappa shape index (κ2) is 7.79. The lowest BCUT2D eigenvalue weighted by atomic mass is 10.1. The van der Waals surface area contributed by atoms with Crippen molar-refractivity contribution < 1.29 is 19.4 Å². The summed E-state index contributed by atoms with van der Waals surface area (Å²) in [7, 11) is 3.25. The molecular weight excluding hydrogens is 414 g/mol. The predicted octanol–water partition coefficient (Wildman–Crippen LogP) is 4.65. The average Bonchev–Trinajstić information content (AvgIpc) is 2.90. The number of para-hydroxylation sites is 1. The fourth-order valence-electron chi connectivity index (χ4n) is 2.81. The van der Waals surface area contributed by atoms with E-state index in [0.717, 1.165) is 20.9 Å². The first-order chi connectivity index (χ1) is 12.9. The summed E-state index contributed by atoms with van der Waals surface area (Å²) in [6.45, 7) is 1.64. The Balaban J connectivity index is 1.77. The molecule has 27 heavy (non-hydrogen) atoms. The second-order valence-corrected chi connectivity index (χ2v) is 6.80. The van der Waals surface area contributed by atoms with Gasteiger partial charge in [-0.2, -0.15) is 0 Å². The number of fused-ring (bicyclic) bond motifs is 1. The number of hydrogen-bond donors (Lipinski definition) is 1. The number of amides is 1. The summed E-state index contributed by atoms with van der Waals surface area (Å²) in [5.74, 6) is 0.291. The SMILES string of the molecule is COc1cc(Br)ccc1OCC(=O)N=Nc1c(O)n(C)c2c(C)cccc12. The Kier molecular flexibility index (Phi) is 5.46. The molecule has 0 aliphatic rings. The zero-order valence-corrected chi connectivity index (χ0v) is 16.6. The Morgan fingerprint density at radius 2 is 2.04 bits per heavy atom. The smallest absolute Gasteiger partial charge is 0.302 e. The summed E-state index contributed by atoms with van der Waals surface area (Å²) in [5.41, 5.74) is 2.08. The quantitative estimate of drug-likeness (QED) is 0.595. The van der Waals surface area contributed by atoms with Crippen molar-refractivity contribution in [3.05, 3.63) is 46.4 Å². The lowest BCUT2D eigenvalue weighted by Gasteiger charge is -2.09. The summed E-state index contributed by atoms with van der Waals surface area (Å²) < 4.78 is 13.1. The highest BCUT2D eigenvalue weighted by Crippen LogP contribution is 2.39. The average molecular weight is 432 g/mol. The van der Waals surface area contributed by atoms with E-state index in [4.69, 9.17) is 9.47 Å². The van der Waals surface area contributed by atoms with Crippen LogP contribution in [0.5, 0.6) is 17.4 Å². The van der Waals surface area contributed by atoms with Crippen LogP contribution < -0.4 is 9.47 Å². The van der Waals surface area contributed by atoms with Crippen molar-refractivity contribution in [1.82, 2.24) is 4.57 Å². The van der Waals surface area contributed by atoms with Gasteiger partial charge in [-0.3, -0.25) is 4.79 Å². The minimum Gasteiger partial charge on any atom is -0.493 e. The van der Waals surface area contributed by atoms with Gasteiger partial charge in [-0.15, -0.1) is 10.2 Å². The van der Waals surface area contributed by atoms with E-state index in [1.165, 1.54) is 7.11 Å². The van der Waals surface area contributed by atoms with Crippen molar-refractivity contribution >= 4 is 38.4 Å². The van der Waals surface area contributed by atoms with E-state index < -0.39 is 5.91 Å². The summed E-state index contributed by atoms with van der Waals surface area (Å²) in [5, 5.41) is 18.7. The number of carbonyl (C=O) groups is 1. The number of aromatic hydroxyl groups is 1. The first kappa shape index (κ1) is 18.9. The maximum Gasteiger partial charge on any atom is 0.302 e. The van der Waals surface area contributed by atoms with Gasteiger partial charge in [0.1, 0.15) is 0 Å². The summed E-state index contributed by atoms with van der Waals surface area (Å²) in [6, 6.07) is 10.8. The molecule has 0 saturated heterocycles. The molecule has 1 N–H and O–H groups in total. The first-order valence-corrected chi connectivity index (χ1v) is 8.89. The van der Waals surface area contributed by atoms with Gasteiger partial charge in [0.2, 0.25) is 5.88 Å². The van der Waals surface area contributed by atoms with Crippen LogP contribution in [-0.4, -0.2) is 29.3 Å². The van der Waals surface area contributed by atoms with E-state index >= 15 is 0 Å². The van der Waals surface area contributed by atoms with E-state index in [1.807, 2.05) is 25.1 Å². The van der Waals surface area contributed by atoms with E-state index in [0.29, 0.717) is 11.5 Å². The number of aromatic nitrogens is 1. The number of methoxy groups -OCH3 is 1. The summed E-state index contributed by atoms with van der Waals surface area (Å²) in [4.78, 5) is 12.1. The Morgan fingerprint density at radius 3 is 2.78 bits per heavy atom. The molecule has 0 bridgehead atoms. The topological polar surface area (TPSA) is 85.4 Å². The zero-order valence-electron chi connectivity index (χ0n) is 15.1. The van der Waals surface area contributed by atoms with Gasteiger partial charge in [-0.1, -0.05) is 34.1 Å². The Bertz CT molecular complexity index is 1040. The molecule has 1 amide bonds. The number of halogens is 1. The van der Waals surface area contributed by atoms with Crippen molar-refractivity contribution in [1.29, 1.82) is 0 Å². The van der Waals surface area contributed by atoms with Crippen molar-refractivity contribution in [3.63, 3.8) is 0 Å². The minimum absolute atomic E-state index is 0.0497. The van der Waals surface area contributed by atoms with Gasteiger partial charge >= 0.3 is 5.91 Å². The number of carbonyl (C=O) groups excluding carboxylic acids is 1. The van der Waals surface area contributed by atoms with Gasteiger partial charge in [0.05, 0.1) is 12.6 Å². The maximum atomic E-state index is 12.1. The molecule has 0 aliphatic carbocycles. The van der Waals surface area contributed by atoms with E-state index in [1.54, 1.807) is 29.8 Å². The third-order valence-electron chi connectivity index (χ3n) is 4.10. The molecule has 1 aromatic heterocycles. The normalized spacial score (nSPS) is 11.3. The van der Waals surface area contributed by atoms with Crippen LogP contribution in [0.1, 0.15) is 5.56 Å². The number of hydrogen-bond acceptors (Lipinski definition) is 5. The standard InChI is InChI=1S/C19H18BrN3O4/c1-11-5-4-6-13-17(19(25)23(2)18(11)13)22-21-16(24)10-27-14-8-7-12(20)9-15(14)26-3/h4-9,25H,10H2,1-3H3.